The van der Waals surface area contributed by atoms with Crippen LogP contribution in [0.25, 0.3) is 0 Å². The summed E-state index contributed by atoms with van der Waals surface area (Å²) in [6.07, 6.45) is -3.66. The first-order valence-electron chi connectivity index (χ1n) is 6.56. The van der Waals surface area contributed by atoms with Crippen molar-refractivity contribution in [3.05, 3.63) is 29.6 Å². The van der Waals surface area contributed by atoms with Gasteiger partial charge in [-0.2, -0.15) is 13.2 Å². The first-order valence-corrected chi connectivity index (χ1v) is 6.56. The first kappa shape index (κ1) is 15.6. The van der Waals surface area contributed by atoms with E-state index in [2.05, 4.69) is 0 Å². The summed E-state index contributed by atoms with van der Waals surface area (Å²) >= 11 is 0. The molecule has 0 spiro atoms. The van der Waals surface area contributed by atoms with Crippen LogP contribution in [0.1, 0.15) is 29.6 Å². The van der Waals surface area contributed by atoms with Crippen molar-refractivity contribution in [1.82, 2.24) is 4.90 Å². The molecule has 1 atom stereocenters. The van der Waals surface area contributed by atoms with Gasteiger partial charge in [0, 0.05) is 12.1 Å². The number of methoxy groups -OCH3 is 1. The normalized spacial score (nSPS) is 19.5. The number of likely N-dealkylation sites (tertiary alicyclic amines) is 1. The predicted octanol–water partition coefficient (Wildman–Crippen LogP) is 3.39. The standard InChI is InChI=1S/C14H15F4NO2/c1-21-11-6-5-9(8-10(11)15)13(20)19-7-3-2-4-12(19)14(16,17)18/h5-6,8,12H,2-4,7H2,1H3. The second-order valence-electron chi connectivity index (χ2n) is 4.90. The summed E-state index contributed by atoms with van der Waals surface area (Å²) in [4.78, 5) is 13.0. The Morgan fingerprint density at radius 3 is 2.62 bits per heavy atom. The molecule has 0 aliphatic carbocycles. The monoisotopic (exact) mass is 305 g/mol. The Hall–Kier alpha value is -1.79. The van der Waals surface area contributed by atoms with Gasteiger partial charge >= 0.3 is 6.18 Å². The molecule has 1 aliphatic rings. The van der Waals surface area contributed by atoms with Crippen LogP contribution in [0.15, 0.2) is 18.2 Å². The Kier molecular flexibility index (Phi) is 4.39. The number of carbonyl (C=O) groups is 1. The molecule has 1 saturated heterocycles. The van der Waals surface area contributed by atoms with E-state index in [9.17, 15) is 22.4 Å². The van der Waals surface area contributed by atoms with Crippen LogP contribution in [0, 0.1) is 5.82 Å². The Morgan fingerprint density at radius 1 is 1.33 bits per heavy atom. The van der Waals surface area contributed by atoms with E-state index in [1.54, 1.807) is 0 Å². The van der Waals surface area contributed by atoms with Crippen molar-refractivity contribution in [3.8, 4) is 5.75 Å². The molecule has 1 amide bonds. The number of amides is 1. The number of ether oxygens (including phenoxy) is 1. The van der Waals surface area contributed by atoms with Gasteiger partial charge in [-0.25, -0.2) is 4.39 Å². The fourth-order valence-corrected chi connectivity index (χ4v) is 2.48. The van der Waals surface area contributed by atoms with Crippen LogP contribution in [0.3, 0.4) is 0 Å². The van der Waals surface area contributed by atoms with E-state index in [1.807, 2.05) is 0 Å². The summed E-state index contributed by atoms with van der Waals surface area (Å²) in [5.74, 6) is -1.64. The number of nitrogens with zero attached hydrogens (tertiary/aromatic N) is 1. The van der Waals surface area contributed by atoms with Crippen molar-refractivity contribution in [2.45, 2.75) is 31.5 Å². The number of carbonyl (C=O) groups excluding carboxylic acids is 1. The average molecular weight is 305 g/mol. The lowest BCUT2D eigenvalue weighted by atomic mass is 10.00. The molecule has 3 nitrogen and oxygen atoms in total. The molecule has 0 radical (unpaired) electrons. The number of hydrogen-bond acceptors (Lipinski definition) is 2. The third kappa shape index (κ3) is 3.28. The van der Waals surface area contributed by atoms with Crippen molar-refractivity contribution in [3.63, 3.8) is 0 Å². The van der Waals surface area contributed by atoms with E-state index in [4.69, 9.17) is 4.74 Å². The van der Waals surface area contributed by atoms with Gasteiger partial charge in [0.25, 0.3) is 5.91 Å². The fourth-order valence-electron chi connectivity index (χ4n) is 2.48. The molecule has 0 aromatic heterocycles. The van der Waals surface area contributed by atoms with Crippen LogP contribution in [0.2, 0.25) is 0 Å². The van der Waals surface area contributed by atoms with Crippen molar-refractivity contribution in [2.24, 2.45) is 0 Å². The molecule has 2 rings (SSSR count). The Bertz CT molecular complexity index is 530. The highest BCUT2D eigenvalue weighted by Gasteiger charge is 2.46. The highest BCUT2D eigenvalue weighted by atomic mass is 19.4. The summed E-state index contributed by atoms with van der Waals surface area (Å²) in [6, 6.07) is 1.61. The molecule has 0 saturated carbocycles. The van der Waals surface area contributed by atoms with Gasteiger partial charge in [0.2, 0.25) is 0 Å². The maximum Gasteiger partial charge on any atom is 0.408 e. The molecule has 1 aromatic carbocycles. The molecule has 0 bridgehead atoms. The molecule has 1 unspecified atom stereocenters. The van der Waals surface area contributed by atoms with Crippen LogP contribution < -0.4 is 4.74 Å². The second kappa shape index (κ2) is 5.91. The van der Waals surface area contributed by atoms with Gasteiger partial charge in [-0.1, -0.05) is 0 Å². The lowest BCUT2D eigenvalue weighted by molar-refractivity contribution is -0.183. The summed E-state index contributed by atoms with van der Waals surface area (Å²) in [5.41, 5.74) is -0.107. The summed E-state index contributed by atoms with van der Waals surface area (Å²) in [7, 11) is 1.27. The number of benzene rings is 1. The van der Waals surface area contributed by atoms with E-state index < -0.39 is 23.9 Å². The highest BCUT2D eigenvalue weighted by molar-refractivity contribution is 5.94. The first-order chi connectivity index (χ1) is 9.84. The van der Waals surface area contributed by atoms with Crippen LogP contribution in [-0.2, 0) is 0 Å². The summed E-state index contributed by atoms with van der Waals surface area (Å²) in [6.45, 7) is 0.0245. The van der Waals surface area contributed by atoms with Gasteiger partial charge in [0.15, 0.2) is 11.6 Å². The van der Waals surface area contributed by atoms with Gasteiger partial charge in [-0.05, 0) is 37.5 Å². The molecule has 7 heteroatoms. The minimum absolute atomic E-state index is 0.0245. The number of piperidine rings is 1. The average Bonchev–Trinajstić information content (AvgIpc) is 2.45. The van der Waals surface area contributed by atoms with E-state index >= 15 is 0 Å². The Balaban J connectivity index is 2.27. The molecule has 0 N–H and O–H groups in total. The summed E-state index contributed by atoms with van der Waals surface area (Å²) < 4.78 is 57.2. The third-order valence-electron chi connectivity index (χ3n) is 3.54. The minimum Gasteiger partial charge on any atom is -0.494 e. The Labute approximate surface area is 119 Å². The second-order valence-corrected chi connectivity index (χ2v) is 4.90. The SMILES string of the molecule is COc1ccc(C(=O)N2CCCCC2C(F)(F)F)cc1F. The molecule has 1 aromatic rings. The third-order valence-corrected chi connectivity index (χ3v) is 3.54. The van der Waals surface area contributed by atoms with E-state index in [0.717, 1.165) is 11.0 Å². The lowest BCUT2D eigenvalue weighted by Gasteiger charge is -2.36. The Morgan fingerprint density at radius 2 is 2.05 bits per heavy atom. The van der Waals surface area contributed by atoms with Gasteiger partial charge in [0.1, 0.15) is 6.04 Å². The van der Waals surface area contributed by atoms with Gasteiger partial charge in [0.05, 0.1) is 7.11 Å². The molecular formula is C14H15F4NO2. The van der Waals surface area contributed by atoms with Crippen molar-refractivity contribution in [2.75, 3.05) is 13.7 Å². The van der Waals surface area contributed by atoms with Gasteiger partial charge in [-0.3, -0.25) is 4.79 Å². The molecule has 116 valence electrons. The predicted molar refractivity (Wildman–Crippen MR) is 67.7 cm³/mol. The number of halogens is 4. The fraction of sp³-hybridized carbons (Fsp3) is 0.500. The largest absolute Gasteiger partial charge is 0.494 e. The number of alkyl halides is 3. The van der Waals surface area contributed by atoms with Crippen molar-refractivity contribution >= 4 is 5.91 Å². The van der Waals surface area contributed by atoms with Gasteiger partial charge < -0.3 is 9.64 Å². The quantitative estimate of drug-likeness (QED) is 0.784. The van der Waals surface area contributed by atoms with Crippen LogP contribution in [0.5, 0.6) is 5.75 Å². The maximum absolute atomic E-state index is 13.6. The van der Waals surface area contributed by atoms with Crippen molar-refractivity contribution < 1.29 is 27.1 Å². The van der Waals surface area contributed by atoms with Crippen LogP contribution in [0.4, 0.5) is 17.6 Å². The number of hydrogen-bond donors (Lipinski definition) is 0. The molecular weight excluding hydrogens is 290 g/mol. The van der Waals surface area contributed by atoms with Crippen LogP contribution >= 0.6 is 0 Å². The topological polar surface area (TPSA) is 29.5 Å². The smallest absolute Gasteiger partial charge is 0.408 e. The molecule has 1 fully saturated rings. The maximum atomic E-state index is 13.6. The van der Waals surface area contributed by atoms with Crippen molar-refractivity contribution in [1.29, 1.82) is 0 Å². The van der Waals surface area contributed by atoms with E-state index in [1.165, 1.54) is 19.2 Å². The molecule has 21 heavy (non-hydrogen) atoms. The van der Waals surface area contributed by atoms with E-state index in [-0.39, 0.29) is 24.3 Å². The molecule has 1 aliphatic heterocycles. The number of rotatable bonds is 2. The zero-order chi connectivity index (χ0) is 15.6. The van der Waals surface area contributed by atoms with E-state index in [0.29, 0.717) is 12.8 Å². The van der Waals surface area contributed by atoms with Gasteiger partial charge in [-0.15, -0.1) is 0 Å². The zero-order valence-electron chi connectivity index (χ0n) is 11.4. The lowest BCUT2D eigenvalue weighted by Crippen LogP contribution is -2.51. The zero-order valence-corrected chi connectivity index (χ0v) is 11.4. The summed E-state index contributed by atoms with van der Waals surface area (Å²) in [5, 5.41) is 0. The minimum atomic E-state index is -4.47. The molecule has 1 heterocycles. The van der Waals surface area contributed by atoms with Crippen LogP contribution in [-0.4, -0.2) is 36.7 Å². The highest BCUT2D eigenvalue weighted by Crippen LogP contribution is 2.33.